The molecule has 9 heteroatoms. The van der Waals surface area contributed by atoms with E-state index in [0.29, 0.717) is 0 Å². The number of aryl methyl sites for hydroxylation is 1. The third kappa shape index (κ3) is 3.15. The molecule has 0 aliphatic rings. The molecule has 2 rings (SSSR count). The Morgan fingerprint density at radius 1 is 1.53 bits per heavy atom. The maximum Gasteiger partial charge on any atom is 0.329 e. The summed E-state index contributed by atoms with van der Waals surface area (Å²) in [5, 5.41) is 16.5. The molecule has 19 heavy (non-hydrogen) atoms. The Hall–Kier alpha value is -1.80. The lowest BCUT2D eigenvalue weighted by Gasteiger charge is -2.11. The molecule has 0 aliphatic heterocycles. The summed E-state index contributed by atoms with van der Waals surface area (Å²) in [4.78, 5) is 22.1. The third-order valence-corrected chi connectivity index (χ3v) is 3.62. The molecule has 2 heterocycles. The van der Waals surface area contributed by atoms with Gasteiger partial charge in [0.25, 0.3) is 0 Å². The lowest BCUT2D eigenvalue weighted by Crippen LogP contribution is -2.10. The van der Waals surface area contributed by atoms with Crippen molar-refractivity contribution in [3.8, 4) is 0 Å². The van der Waals surface area contributed by atoms with Crippen LogP contribution in [0.25, 0.3) is 0 Å². The fraction of sp³-hybridized carbons (Fsp3) is 0.300. The molecule has 100 valence electrons. The highest BCUT2D eigenvalue weighted by atomic mass is 35.5. The van der Waals surface area contributed by atoms with Crippen molar-refractivity contribution in [2.24, 2.45) is 0 Å². The van der Waals surface area contributed by atoms with Crippen molar-refractivity contribution in [1.29, 1.82) is 0 Å². The lowest BCUT2D eigenvalue weighted by atomic mass is 10.3. The van der Waals surface area contributed by atoms with Crippen LogP contribution in [0.1, 0.15) is 23.7 Å². The van der Waals surface area contributed by atoms with Crippen molar-refractivity contribution in [2.75, 3.05) is 5.32 Å². The van der Waals surface area contributed by atoms with Crippen LogP contribution in [0.2, 0.25) is 5.28 Å². The van der Waals surface area contributed by atoms with Crippen LogP contribution in [0.15, 0.2) is 11.6 Å². The maximum absolute atomic E-state index is 10.9. The predicted molar refractivity (Wildman–Crippen MR) is 72.6 cm³/mol. The van der Waals surface area contributed by atoms with Gasteiger partial charge in [0.15, 0.2) is 0 Å². The Bertz CT molecular complexity index is 618. The Kier molecular flexibility index (Phi) is 3.91. The molecule has 0 radical (unpaired) electrons. The van der Waals surface area contributed by atoms with Gasteiger partial charge < -0.3 is 5.32 Å². The number of hydrogen-bond donors (Lipinski definition) is 1. The van der Waals surface area contributed by atoms with E-state index < -0.39 is 4.92 Å². The van der Waals surface area contributed by atoms with Crippen molar-refractivity contribution >= 4 is 34.4 Å². The number of nitrogens with zero attached hydrogens (tertiary/aromatic N) is 4. The standard InChI is InChI=1S/C10H10ClN5O2S/c1-5-4-19-9(13-5)6(2)14-8-7(16(17)18)3-12-10(11)15-8/h3-4,6H,1-2H3,(H,12,14,15). The summed E-state index contributed by atoms with van der Waals surface area (Å²) in [6.07, 6.45) is 1.08. The molecule has 0 aliphatic carbocycles. The van der Waals surface area contributed by atoms with Crippen LogP contribution in [0.5, 0.6) is 0 Å². The Morgan fingerprint density at radius 3 is 2.84 bits per heavy atom. The number of anilines is 1. The first-order valence-corrected chi connectivity index (χ1v) is 6.58. The van der Waals surface area contributed by atoms with Crippen molar-refractivity contribution in [2.45, 2.75) is 19.9 Å². The van der Waals surface area contributed by atoms with Crippen LogP contribution in [0, 0.1) is 17.0 Å². The largest absolute Gasteiger partial charge is 0.355 e. The topological polar surface area (TPSA) is 93.8 Å². The predicted octanol–water partition coefficient (Wildman–Crippen LogP) is 2.98. The number of rotatable bonds is 4. The summed E-state index contributed by atoms with van der Waals surface area (Å²) in [7, 11) is 0. The van der Waals surface area contributed by atoms with Gasteiger partial charge in [0.1, 0.15) is 11.2 Å². The molecule has 0 saturated carbocycles. The number of aromatic nitrogens is 3. The van der Waals surface area contributed by atoms with Crippen LogP contribution in [0.3, 0.4) is 0 Å². The number of nitrogens with one attached hydrogen (secondary N) is 1. The van der Waals surface area contributed by atoms with Crippen molar-refractivity contribution < 1.29 is 4.92 Å². The smallest absolute Gasteiger partial charge is 0.329 e. The molecular weight excluding hydrogens is 290 g/mol. The van der Waals surface area contributed by atoms with Gasteiger partial charge in [-0.05, 0) is 25.4 Å². The van der Waals surface area contributed by atoms with Gasteiger partial charge in [0, 0.05) is 11.1 Å². The first-order valence-electron chi connectivity index (χ1n) is 5.33. The van der Waals surface area contributed by atoms with Gasteiger partial charge in [-0.1, -0.05) is 0 Å². The molecule has 1 unspecified atom stereocenters. The molecule has 7 nitrogen and oxygen atoms in total. The van der Waals surface area contributed by atoms with E-state index in [-0.39, 0.29) is 22.8 Å². The van der Waals surface area contributed by atoms with Crippen molar-refractivity contribution in [3.63, 3.8) is 0 Å². The molecule has 1 atom stereocenters. The minimum atomic E-state index is -0.557. The number of thiazole rings is 1. The quantitative estimate of drug-likeness (QED) is 0.530. The summed E-state index contributed by atoms with van der Waals surface area (Å²) in [5.41, 5.74) is 0.688. The summed E-state index contributed by atoms with van der Waals surface area (Å²) < 4.78 is 0. The Balaban J connectivity index is 2.27. The van der Waals surface area contributed by atoms with Crippen LogP contribution in [-0.4, -0.2) is 19.9 Å². The first-order chi connectivity index (χ1) is 8.97. The minimum Gasteiger partial charge on any atom is -0.355 e. The zero-order chi connectivity index (χ0) is 14.0. The van der Waals surface area contributed by atoms with E-state index in [1.54, 1.807) is 0 Å². The average molecular weight is 300 g/mol. The van der Waals surface area contributed by atoms with Gasteiger partial charge in [-0.2, -0.15) is 4.98 Å². The SMILES string of the molecule is Cc1csc(C(C)Nc2nc(Cl)ncc2[N+](=O)[O-])n1. The second-order valence-corrected chi connectivity index (χ2v) is 5.05. The second-order valence-electron chi connectivity index (χ2n) is 3.82. The lowest BCUT2D eigenvalue weighted by molar-refractivity contribution is -0.384. The molecule has 0 bridgehead atoms. The monoisotopic (exact) mass is 299 g/mol. The molecule has 0 spiro atoms. The van der Waals surface area contributed by atoms with E-state index in [9.17, 15) is 10.1 Å². The molecular formula is C10H10ClN5O2S. The zero-order valence-electron chi connectivity index (χ0n) is 10.1. The number of halogens is 1. The number of hydrogen-bond acceptors (Lipinski definition) is 7. The van der Waals surface area contributed by atoms with Gasteiger partial charge in [-0.15, -0.1) is 11.3 Å². The van der Waals surface area contributed by atoms with Gasteiger partial charge in [-0.25, -0.2) is 9.97 Å². The fourth-order valence-electron chi connectivity index (χ4n) is 1.43. The highest BCUT2D eigenvalue weighted by Crippen LogP contribution is 2.27. The first kappa shape index (κ1) is 13.6. The summed E-state index contributed by atoms with van der Waals surface area (Å²) in [6, 6.07) is -0.205. The fourth-order valence-corrected chi connectivity index (χ4v) is 2.37. The molecule has 2 aromatic rings. The minimum absolute atomic E-state index is 0.0457. The van der Waals surface area contributed by atoms with E-state index in [1.165, 1.54) is 11.3 Å². The zero-order valence-corrected chi connectivity index (χ0v) is 11.7. The second kappa shape index (κ2) is 5.45. The molecule has 0 fully saturated rings. The van der Waals surface area contributed by atoms with E-state index in [4.69, 9.17) is 11.6 Å². The van der Waals surface area contributed by atoms with E-state index >= 15 is 0 Å². The molecule has 0 aromatic carbocycles. The highest BCUT2D eigenvalue weighted by Gasteiger charge is 2.20. The molecule has 2 aromatic heterocycles. The summed E-state index contributed by atoms with van der Waals surface area (Å²) in [6.45, 7) is 3.73. The van der Waals surface area contributed by atoms with E-state index in [2.05, 4.69) is 20.3 Å². The van der Waals surface area contributed by atoms with Crippen molar-refractivity contribution in [3.05, 3.63) is 37.7 Å². The Labute approximate surface area is 117 Å². The highest BCUT2D eigenvalue weighted by molar-refractivity contribution is 7.09. The van der Waals surface area contributed by atoms with Gasteiger partial charge in [0.05, 0.1) is 11.0 Å². The Morgan fingerprint density at radius 2 is 2.26 bits per heavy atom. The van der Waals surface area contributed by atoms with Crippen molar-refractivity contribution in [1.82, 2.24) is 15.0 Å². The normalized spacial score (nSPS) is 12.2. The van der Waals surface area contributed by atoms with Gasteiger partial charge in [0.2, 0.25) is 11.1 Å². The average Bonchev–Trinajstić information content (AvgIpc) is 2.75. The van der Waals surface area contributed by atoms with Crippen LogP contribution in [0.4, 0.5) is 11.5 Å². The van der Waals surface area contributed by atoms with Gasteiger partial charge in [-0.3, -0.25) is 10.1 Å². The maximum atomic E-state index is 10.9. The van der Waals surface area contributed by atoms with Gasteiger partial charge >= 0.3 is 5.69 Å². The summed E-state index contributed by atoms with van der Waals surface area (Å²) >= 11 is 7.13. The summed E-state index contributed by atoms with van der Waals surface area (Å²) in [5.74, 6) is 0.0883. The van der Waals surface area contributed by atoms with E-state index in [0.717, 1.165) is 16.9 Å². The third-order valence-electron chi connectivity index (χ3n) is 2.30. The molecule has 0 amide bonds. The van der Waals surface area contributed by atoms with Crippen LogP contribution < -0.4 is 5.32 Å². The van der Waals surface area contributed by atoms with Crippen LogP contribution >= 0.6 is 22.9 Å². The number of nitro groups is 1. The van der Waals surface area contributed by atoms with E-state index in [1.807, 2.05) is 19.2 Å². The molecule has 1 N–H and O–H groups in total. The molecule has 0 saturated heterocycles. The van der Waals surface area contributed by atoms with Crippen LogP contribution in [-0.2, 0) is 0 Å².